The molecule has 0 radical (unpaired) electrons. The van der Waals surface area contributed by atoms with Crippen LogP contribution < -0.4 is 16.6 Å². The quantitative estimate of drug-likeness (QED) is 0.845. The first kappa shape index (κ1) is 15.3. The Morgan fingerprint density at radius 1 is 1.38 bits per heavy atom. The smallest absolute Gasteiger partial charge is 0.267 e. The van der Waals surface area contributed by atoms with Gasteiger partial charge in [-0.1, -0.05) is 23.2 Å². The third-order valence-electron chi connectivity index (χ3n) is 2.65. The van der Waals surface area contributed by atoms with Crippen LogP contribution in [0.1, 0.15) is 5.56 Å². The van der Waals surface area contributed by atoms with Crippen LogP contribution in [0.4, 0.5) is 11.4 Å². The molecule has 0 fully saturated rings. The monoisotopic (exact) mass is 326 g/mol. The maximum Gasteiger partial charge on any atom is 0.267 e. The van der Waals surface area contributed by atoms with Gasteiger partial charge >= 0.3 is 0 Å². The van der Waals surface area contributed by atoms with E-state index in [9.17, 15) is 9.59 Å². The van der Waals surface area contributed by atoms with E-state index in [1.165, 1.54) is 24.4 Å². The molecule has 0 spiro atoms. The molecule has 0 aliphatic rings. The Balaban J connectivity index is 2.17. The molecule has 1 heterocycles. The van der Waals surface area contributed by atoms with Gasteiger partial charge in [-0.15, -0.1) is 0 Å². The number of nitrogens with zero attached hydrogens (tertiary/aromatic N) is 2. The van der Waals surface area contributed by atoms with Gasteiger partial charge in [-0.25, -0.2) is 4.68 Å². The summed E-state index contributed by atoms with van der Waals surface area (Å²) in [6.45, 7) is 1.50. The molecule has 0 atom stereocenters. The van der Waals surface area contributed by atoms with Crippen molar-refractivity contribution in [2.75, 3.05) is 11.1 Å². The van der Waals surface area contributed by atoms with Crippen LogP contribution in [-0.4, -0.2) is 15.7 Å². The first-order valence-electron chi connectivity index (χ1n) is 5.95. The van der Waals surface area contributed by atoms with E-state index in [1.54, 1.807) is 6.92 Å². The lowest BCUT2D eigenvalue weighted by atomic mass is 10.2. The maximum absolute atomic E-state index is 12.0. The number of carbonyl (C=O) groups is 1. The Hall–Kier alpha value is -2.05. The molecule has 1 aromatic carbocycles. The summed E-state index contributed by atoms with van der Waals surface area (Å²) in [5, 5.41) is 7.01. The molecular weight excluding hydrogens is 315 g/mol. The van der Waals surface area contributed by atoms with Gasteiger partial charge in [0.1, 0.15) is 6.54 Å². The fraction of sp³-hybridized carbons (Fsp3) is 0.154. The van der Waals surface area contributed by atoms with Gasteiger partial charge in [0.05, 0.1) is 22.6 Å². The van der Waals surface area contributed by atoms with E-state index in [2.05, 4.69) is 10.4 Å². The summed E-state index contributed by atoms with van der Waals surface area (Å²) in [5.41, 5.74) is 6.61. The van der Waals surface area contributed by atoms with Gasteiger partial charge in [0.15, 0.2) is 0 Å². The van der Waals surface area contributed by atoms with E-state index in [0.717, 1.165) is 10.2 Å². The number of nitrogen functional groups attached to an aromatic ring is 1. The molecule has 2 aromatic rings. The van der Waals surface area contributed by atoms with E-state index in [-0.39, 0.29) is 28.5 Å². The highest BCUT2D eigenvalue weighted by molar-refractivity contribution is 6.37. The first-order valence-corrected chi connectivity index (χ1v) is 6.70. The topological polar surface area (TPSA) is 90.0 Å². The Labute approximate surface area is 130 Å². The van der Waals surface area contributed by atoms with Gasteiger partial charge in [0.2, 0.25) is 5.91 Å². The third kappa shape index (κ3) is 3.74. The normalized spacial score (nSPS) is 10.4. The number of nitrogens with one attached hydrogen (secondary N) is 1. The molecule has 0 saturated carbocycles. The van der Waals surface area contributed by atoms with Crippen LogP contribution >= 0.6 is 23.2 Å². The van der Waals surface area contributed by atoms with Crippen LogP contribution in [0.15, 0.2) is 29.2 Å². The highest BCUT2D eigenvalue weighted by atomic mass is 35.5. The molecule has 0 saturated heterocycles. The maximum atomic E-state index is 12.0. The summed E-state index contributed by atoms with van der Waals surface area (Å²) >= 11 is 11.8. The standard InChI is InChI=1S/C13H12Cl2N4O2/c1-7-2-12(21)19(17-5-7)6-11(20)18-13-9(15)3-8(14)4-10(13)16/h2-5H,6,16H2,1H3,(H,18,20). The first-order chi connectivity index (χ1) is 9.86. The van der Waals surface area contributed by atoms with E-state index in [1.807, 2.05) is 0 Å². The van der Waals surface area contributed by atoms with Gasteiger partial charge in [0, 0.05) is 11.1 Å². The molecule has 0 aliphatic carbocycles. The molecule has 8 heteroatoms. The summed E-state index contributed by atoms with van der Waals surface area (Å²) in [6, 6.07) is 4.33. The highest BCUT2D eigenvalue weighted by Gasteiger charge is 2.12. The van der Waals surface area contributed by atoms with Crippen LogP contribution in [0, 0.1) is 6.92 Å². The van der Waals surface area contributed by atoms with Crippen LogP contribution in [0.25, 0.3) is 0 Å². The lowest BCUT2D eigenvalue weighted by Gasteiger charge is -2.11. The van der Waals surface area contributed by atoms with Crippen molar-refractivity contribution in [3.05, 3.63) is 50.4 Å². The Kier molecular flexibility index (Phi) is 4.50. The number of aromatic nitrogens is 2. The predicted molar refractivity (Wildman–Crippen MR) is 82.7 cm³/mol. The van der Waals surface area contributed by atoms with Crippen LogP contribution in [-0.2, 0) is 11.3 Å². The minimum absolute atomic E-state index is 0.220. The highest BCUT2D eigenvalue weighted by Crippen LogP contribution is 2.31. The molecule has 2 rings (SSSR count). The van der Waals surface area contributed by atoms with Crippen molar-refractivity contribution in [2.24, 2.45) is 0 Å². The number of nitrogens with two attached hydrogens (primary N) is 1. The summed E-state index contributed by atoms with van der Waals surface area (Å²) in [4.78, 5) is 23.6. The van der Waals surface area contributed by atoms with Crippen molar-refractivity contribution in [3.8, 4) is 0 Å². The van der Waals surface area contributed by atoms with Crippen molar-refractivity contribution in [1.29, 1.82) is 0 Å². The van der Waals surface area contributed by atoms with Crippen molar-refractivity contribution in [1.82, 2.24) is 9.78 Å². The lowest BCUT2D eigenvalue weighted by Crippen LogP contribution is -2.29. The largest absolute Gasteiger partial charge is 0.397 e. The van der Waals surface area contributed by atoms with Gasteiger partial charge < -0.3 is 11.1 Å². The number of hydrogen-bond donors (Lipinski definition) is 2. The zero-order valence-corrected chi connectivity index (χ0v) is 12.6. The number of rotatable bonds is 3. The van der Waals surface area contributed by atoms with E-state index >= 15 is 0 Å². The molecule has 6 nitrogen and oxygen atoms in total. The summed E-state index contributed by atoms with van der Waals surface area (Å²) < 4.78 is 1.04. The Morgan fingerprint density at radius 2 is 2.10 bits per heavy atom. The number of anilines is 2. The number of hydrogen-bond acceptors (Lipinski definition) is 4. The number of halogens is 2. The molecule has 0 unspecified atom stereocenters. The lowest BCUT2D eigenvalue weighted by molar-refractivity contribution is -0.117. The van der Waals surface area contributed by atoms with Gasteiger partial charge in [-0.3, -0.25) is 9.59 Å². The van der Waals surface area contributed by atoms with E-state index in [4.69, 9.17) is 28.9 Å². The second-order valence-corrected chi connectivity index (χ2v) is 5.27. The van der Waals surface area contributed by atoms with Crippen LogP contribution in [0.5, 0.6) is 0 Å². The summed E-state index contributed by atoms with van der Waals surface area (Å²) in [5.74, 6) is -0.468. The summed E-state index contributed by atoms with van der Waals surface area (Å²) in [6.07, 6.45) is 1.50. The van der Waals surface area contributed by atoms with E-state index in [0.29, 0.717) is 5.02 Å². The fourth-order valence-corrected chi connectivity index (χ4v) is 2.24. The third-order valence-corrected chi connectivity index (χ3v) is 3.17. The zero-order valence-electron chi connectivity index (χ0n) is 11.1. The number of aryl methyl sites for hydroxylation is 1. The molecule has 1 amide bonds. The predicted octanol–water partition coefficient (Wildman–Crippen LogP) is 2.08. The van der Waals surface area contributed by atoms with Crippen molar-refractivity contribution >= 4 is 40.5 Å². The van der Waals surface area contributed by atoms with E-state index < -0.39 is 5.91 Å². The Morgan fingerprint density at radius 3 is 2.71 bits per heavy atom. The summed E-state index contributed by atoms with van der Waals surface area (Å²) in [7, 11) is 0. The van der Waals surface area contributed by atoms with Crippen LogP contribution in [0.3, 0.4) is 0 Å². The molecule has 3 N–H and O–H groups in total. The molecule has 110 valence electrons. The number of carbonyl (C=O) groups excluding carboxylic acids is 1. The number of benzene rings is 1. The van der Waals surface area contributed by atoms with Crippen LogP contribution in [0.2, 0.25) is 10.0 Å². The Bertz CT molecular complexity index is 735. The van der Waals surface area contributed by atoms with Crippen molar-refractivity contribution in [3.63, 3.8) is 0 Å². The zero-order chi connectivity index (χ0) is 15.6. The molecule has 21 heavy (non-hydrogen) atoms. The second-order valence-electron chi connectivity index (χ2n) is 4.43. The van der Waals surface area contributed by atoms with Gasteiger partial charge in [-0.05, 0) is 24.6 Å². The second kappa shape index (κ2) is 6.15. The molecule has 0 aliphatic heterocycles. The average Bonchev–Trinajstić information content (AvgIpc) is 2.37. The minimum atomic E-state index is -0.468. The molecule has 1 aromatic heterocycles. The molecular formula is C13H12Cl2N4O2. The van der Waals surface area contributed by atoms with Gasteiger partial charge in [0.25, 0.3) is 5.56 Å². The van der Waals surface area contributed by atoms with Crippen molar-refractivity contribution < 1.29 is 4.79 Å². The van der Waals surface area contributed by atoms with Crippen molar-refractivity contribution in [2.45, 2.75) is 13.5 Å². The number of amides is 1. The molecule has 0 bridgehead atoms. The van der Waals surface area contributed by atoms with Gasteiger partial charge in [-0.2, -0.15) is 5.10 Å². The SMILES string of the molecule is Cc1cnn(CC(=O)Nc2c(N)cc(Cl)cc2Cl)c(=O)c1. The average molecular weight is 327 g/mol. The fourth-order valence-electron chi connectivity index (χ4n) is 1.68. The minimum Gasteiger partial charge on any atom is -0.397 e.